The molecular formula is C27H40N4O4S. The topological polar surface area (TPSA) is 82.2 Å². The van der Waals surface area contributed by atoms with Crippen LogP contribution in [0.5, 0.6) is 0 Å². The Morgan fingerprint density at radius 1 is 1.08 bits per heavy atom. The summed E-state index contributed by atoms with van der Waals surface area (Å²) in [6.45, 7) is 14.7. The summed E-state index contributed by atoms with van der Waals surface area (Å²) in [5.74, 6) is -0.569. The van der Waals surface area contributed by atoms with Crippen molar-refractivity contribution in [3.8, 4) is 0 Å². The molecule has 4 rings (SSSR count). The molecule has 9 heteroatoms. The lowest BCUT2D eigenvalue weighted by Gasteiger charge is -2.38. The van der Waals surface area contributed by atoms with E-state index in [1.165, 1.54) is 0 Å². The number of thioether (sulfide) groups is 1. The number of ether oxygens (including phenoxy) is 1. The molecule has 3 saturated heterocycles. The van der Waals surface area contributed by atoms with Crippen LogP contribution in [-0.2, 0) is 14.3 Å². The van der Waals surface area contributed by atoms with Crippen LogP contribution < -0.4 is 10.2 Å². The van der Waals surface area contributed by atoms with Crippen molar-refractivity contribution < 1.29 is 19.1 Å². The number of nitrogens with one attached hydrogen (secondary N) is 1. The Bertz CT molecular complexity index is 969. The summed E-state index contributed by atoms with van der Waals surface area (Å²) in [4.78, 5) is 46.0. The van der Waals surface area contributed by atoms with E-state index in [2.05, 4.69) is 29.0 Å². The summed E-state index contributed by atoms with van der Waals surface area (Å²) in [6.07, 6.45) is 1.70. The predicted octanol–water partition coefficient (Wildman–Crippen LogP) is 2.27. The van der Waals surface area contributed by atoms with Gasteiger partial charge in [-0.25, -0.2) is 0 Å². The van der Waals surface area contributed by atoms with Crippen LogP contribution >= 0.6 is 11.8 Å². The fourth-order valence-corrected chi connectivity index (χ4v) is 6.20. The fourth-order valence-electron chi connectivity index (χ4n) is 5.40. The highest BCUT2D eigenvalue weighted by atomic mass is 32.2. The van der Waals surface area contributed by atoms with Crippen LogP contribution in [0, 0.1) is 5.41 Å². The minimum absolute atomic E-state index is 0.0432. The fraction of sp³-hybridized carbons (Fsp3) is 0.667. The van der Waals surface area contributed by atoms with Gasteiger partial charge in [-0.15, -0.1) is 0 Å². The zero-order valence-electron chi connectivity index (χ0n) is 22.3. The highest BCUT2D eigenvalue weighted by Gasteiger charge is 2.53. The Balaban J connectivity index is 1.44. The van der Waals surface area contributed by atoms with Gasteiger partial charge in [0.05, 0.1) is 11.4 Å². The smallest absolute Gasteiger partial charge is 0.251 e. The monoisotopic (exact) mass is 516 g/mol. The highest BCUT2D eigenvalue weighted by molar-refractivity contribution is 7.99. The average Bonchev–Trinajstić information content (AvgIpc) is 3.41. The van der Waals surface area contributed by atoms with E-state index < -0.39 is 17.5 Å². The molecule has 1 unspecified atom stereocenters. The number of ketones is 1. The van der Waals surface area contributed by atoms with Gasteiger partial charge in [0.15, 0.2) is 5.78 Å². The molecule has 8 nitrogen and oxygen atoms in total. The normalized spacial score (nSPS) is 25.9. The van der Waals surface area contributed by atoms with Gasteiger partial charge in [0, 0.05) is 50.0 Å². The molecule has 36 heavy (non-hydrogen) atoms. The van der Waals surface area contributed by atoms with Crippen LogP contribution in [0.4, 0.5) is 5.69 Å². The van der Waals surface area contributed by atoms with E-state index in [0.29, 0.717) is 18.2 Å². The number of hydrogen-bond donors (Lipinski definition) is 1. The minimum atomic E-state index is -0.761. The Kier molecular flexibility index (Phi) is 8.02. The number of amides is 2. The largest absolute Gasteiger partial charge is 0.369 e. The molecule has 4 atom stereocenters. The van der Waals surface area contributed by atoms with Crippen LogP contribution in [0.15, 0.2) is 24.3 Å². The van der Waals surface area contributed by atoms with Crippen molar-refractivity contribution in [3.05, 3.63) is 29.8 Å². The van der Waals surface area contributed by atoms with Crippen molar-refractivity contribution in [3.63, 3.8) is 0 Å². The van der Waals surface area contributed by atoms with Crippen molar-refractivity contribution in [2.24, 2.45) is 5.41 Å². The zero-order valence-corrected chi connectivity index (χ0v) is 23.1. The molecule has 1 aromatic carbocycles. The Morgan fingerprint density at radius 3 is 2.28 bits per heavy atom. The average molecular weight is 517 g/mol. The number of rotatable bonds is 6. The molecule has 3 aliphatic rings. The Hall–Kier alpha value is -2.10. The van der Waals surface area contributed by atoms with Crippen molar-refractivity contribution in [2.45, 2.75) is 64.1 Å². The third-order valence-corrected chi connectivity index (χ3v) is 8.67. The van der Waals surface area contributed by atoms with E-state index in [4.69, 9.17) is 4.74 Å². The highest BCUT2D eigenvalue weighted by Crippen LogP contribution is 2.35. The Labute approximate surface area is 219 Å². The van der Waals surface area contributed by atoms with E-state index in [1.807, 2.05) is 51.3 Å². The number of carbonyl (C=O) groups is 3. The molecule has 0 saturated carbocycles. The molecule has 2 amide bonds. The maximum absolute atomic E-state index is 13.7. The second-order valence-corrected chi connectivity index (χ2v) is 12.5. The van der Waals surface area contributed by atoms with Crippen molar-refractivity contribution in [1.82, 2.24) is 15.1 Å². The van der Waals surface area contributed by atoms with E-state index >= 15 is 0 Å². The number of likely N-dealkylation sites (tertiary alicyclic amines) is 1. The lowest BCUT2D eigenvalue weighted by molar-refractivity contribution is -0.140. The molecule has 0 aromatic heterocycles. The quantitative estimate of drug-likeness (QED) is 0.621. The first kappa shape index (κ1) is 26.9. The number of piperazine rings is 1. The van der Waals surface area contributed by atoms with Crippen LogP contribution in [0.25, 0.3) is 0 Å². The van der Waals surface area contributed by atoms with Crippen molar-refractivity contribution in [1.29, 1.82) is 0 Å². The van der Waals surface area contributed by atoms with E-state index in [9.17, 15) is 14.4 Å². The summed E-state index contributed by atoms with van der Waals surface area (Å²) in [5, 5.41) is 3.04. The third-order valence-electron chi connectivity index (χ3n) is 7.65. The van der Waals surface area contributed by atoms with Crippen LogP contribution in [0.1, 0.15) is 45.0 Å². The lowest BCUT2D eigenvalue weighted by atomic mass is 9.85. The van der Waals surface area contributed by atoms with Crippen LogP contribution in [-0.4, -0.2) is 102 Å². The van der Waals surface area contributed by atoms with Gasteiger partial charge in [-0.05, 0) is 49.8 Å². The van der Waals surface area contributed by atoms with Crippen molar-refractivity contribution >= 4 is 35.0 Å². The molecule has 3 fully saturated rings. The van der Waals surface area contributed by atoms with Gasteiger partial charge in [-0.2, -0.15) is 11.8 Å². The molecule has 3 heterocycles. The second-order valence-electron chi connectivity index (χ2n) is 11.4. The van der Waals surface area contributed by atoms with Crippen LogP contribution in [0.2, 0.25) is 0 Å². The van der Waals surface area contributed by atoms with Gasteiger partial charge >= 0.3 is 0 Å². The first-order valence-corrected chi connectivity index (χ1v) is 14.2. The number of Topliss-reactive ketones (excluding diaryl/α,β-unsaturated/α-hetero) is 1. The number of nitrogens with zero attached hydrogens (tertiary/aromatic N) is 3. The summed E-state index contributed by atoms with van der Waals surface area (Å²) < 4.78 is 5.71. The van der Waals surface area contributed by atoms with E-state index in [0.717, 1.165) is 31.9 Å². The van der Waals surface area contributed by atoms with Crippen molar-refractivity contribution in [2.75, 3.05) is 50.5 Å². The van der Waals surface area contributed by atoms with Gasteiger partial charge < -0.3 is 19.9 Å². The summed E-state index contributed by atoms with van der Waals surface area (Å²) >= 11 is 1.61. The predicted molar refractivity (Wildman–Crippen MR) is 144 cm³/mol. The van der Waals surface area contributed by atoms with Gasteiger partial charge in [-0.3, -0.25) is 19.3 Å². The molecule has 198 valence electrons. The zero-order chi connectivity index (χ0) is 26.2. The molecule has 0 aliphatic carbocycles. The second kappa shape index (κ2) is 10.7. The van der Waals surface area contributed by atoms with E-state index in [-0.39, 0.29) is 35.6 Å². The maximum atomic E-state index is 13.7. The summed E-state index contributed by atoms with van der Waals surface area (Å²) in [7, 11) is 0. The van der Waals surface area contributed by atoms with E-state index in [1.54, 1.807) is 16.7 Å². The molecule has 0 bridgehead atoms. The number of carbonyl (C=O) groups excluding carboxylic acids is 3. The number of fused-ring (bicyclic) bond motifs is 1. The first-order chi connectivity index (χ1) is 17.0. The Morgan fingerprint density at radius 2 is 1.72 bits per heavy atom. The number of anilines is 1. The summed E-state index contributed by atoms with van der Waals surface area (Å²) in [6, 6.07) is 6.85. The molecular weight excluding hydrogens is 476 g/mol. The molecule has 1 aromatic rings. The summed E-state index contributed by atoms with van der Waals surface area (Å²) in [5.41, 5.74) is 1.09. The molecule has 3 aliphatic heterocycles. The lowest BCUT2D eigenvalue weighted by Crippen LogP contribution is -2.57. The van der Waals surface area contributed by atoms with Gasteiger partial charge in [0.2, 0.25) is 5.91 Å². The minimum Gasteiger partial charge on any atom is -0.369 e. The molecule has 0 spiro atoms. The standard InChI is InChI=1S/C27H40N4O4S/c1-17(2)29-11-13-30(14-12-29)19-9-7-18(8-10-19)25(33)28-24(27(3,4)5)26(34)31-15-21(36-6)23-22(31)20(32)16-35-23/h7-10,17,21-24H,11-16H2,1-6H3,(H,28,33)/t21-,22+,23+,24?/m0/s1. The number of hydrogen-bond acceptors (Lipinski definition) is 7. The maximum Gasteiger partial charge on any atom is 0.251 e. The van der Waals surface area contributed by atoms with Gasteiger partial charge in [0.25, 0.3) is 5.91 Å². The molecule has 0 radical (unpaired) electrons. The van der Waals surface area contributed by atoms with Gasteiger partial charge in [0.1, 0.15) is 18.7 Å². The SMILES string of the molecule is CS[C@H]1CN(C(=O)C(NC(=O)c2ccc(N3CCN(C(C)C)CC3)cc2)C(C)(C)C)[C@@H]2C(=O)CO[C@H]12. The molecule has 1 N–H and O–H groups in total. The van der Waals surface area contributed by atoms with Crippen LogP contribution in [0.3, 0.4) is 0 Å². The third kappa shape index (κ3) is 5.43. The first-order valence-electron chi connectivity index (χ1n) is 12.9. The number of benzene rings is 1. The van der Waals surface area contributed by atoms with Gasteiger partial charge in [-0.1, -0.05) is 20.8 Å².